The van der Waals surface area contributed by atoms with Gasteiger partial charge in [0.2, 0.25) is 0 Å². The Kier molecular flexibility index (Phi) is 3.71. The second-order valence-corrected chi connectivity index (χ2v) is 2.73. The Bertz CT molecular complexity index is 170. The quantitative estimate of drug-likeness (QED) is 0.414. The Morgan fingerprint density at radius 1 is 1.64 bits per heavy atom. The molecule has 1 atom stereocenters. The van der Waals surface area contributed by atoms with Gasteiger partial charge < -0.3 is 4.74 Å². The van der Waals surface area contributed by atoms with Crippen LogP contribution in [0, 0.1) is 17.8 Å². The van der Waals surface area contributed by atoms with Crippen molar-refractivity contribution in [2.24, 2.45) is 5.92 Å². The fourth-order valence-electron chi connectivity index (χ4n) is 1.21. The highest BCUT2D eigenvalue weighted by molar-refractivity contribution is 5.72. The number of aldehydes is 1. The molecule has 0 aromatic heterocycles. The molecule has 2 nitrogen and oxygen atoms in total. The van der Waals surface area contributed by atoms with Crippen molar-refractivity contribution in [3.63, 3.8) is 0 Å². The van der Waals surface area contributed by atoms with Gasteiger partial charge in [-0.3, -0.25) is 4.79 Å². The number of hydrogen-bond acceptors (Lipinski definition) is 2. The van der Waals surface area contributed by atoms with Crippen LogP contribution in [0.15, 0.2) is 0 Å². The van der Waals surface area contributed by atoms with Gasteiger partial charge in [0.15, 0.2) is 6.29 Å². The van der Waals surface area contributed by atoms with Crippen LogP contribution in [0.2, 0.25) is 0 Å². The van der Waals surface area contributed by atoms with E-state index in [1.54, 1.807) is 0 Å². The van der Waals surface area contributed by atoms with Gasteiger partial charge in [0.25, 0.3) is 0 Å². The van der Waals surface area contributed by atoms with Gasteiger partial charge in [-0.1, -0.05) is 5.92 Å². The Hall–Kier alpha value is -0.810. The zero-order chi connectivity index (χ0) is 7.94. The molecule has 0 aliphatic carbocycles. The largest absolute Gasteiger partial charge is 0.381 e. The summed E-state index contributed by atoms with van der Waals surface area (Å²) in [5.41, 5.74) is 0. The minimum absolute atomic E-state index is 0.552. The predicted molar refractivity (Wildman–Crippen MR) is 42.0 cm³/mol. The molecule has 1 fully saturated rings. The van der Waals surface area contributed by atoms with Crippen molar-refractivity contribution in [1.29, 1.82) is 0 Å². The topological polar surface area (TPSA) is 26.3 Å². The van der Waals surface area contributed by atoms with Crippen LogP contribution in [0.5, 0.6) is 0 Å². The van der Waals surface area contributed by atoms with E-state index in [1.807, 2.05) is 0 Å². The third-order valence-corrected chi connectivity index (χ3v) is 1.81. The van der Waals surface area contributed by atoms with Gasteiger partial charge in [0.05, 0.1) is 6.61 Å². The summed E-state index contributed by atoms with van der Waals surface area (Å²) in [5.74, 6) is 5.77. The van der Waals surface area contributed by atoms with E-state index >= 15 is 0 Å². The van der Waals surface area contributed by atoms with E-state index in [4.69, 9.17) is 4.74 Å². The fraction of sp³-hybridized carbons (Fsp3) is 0.667. The molecule has 0 N–H and O–H groups in total. The first-order chi connectivity index (χ1) is 5.43. The van der Waals surface area contributed by atoms with Crippen LogP contribution in [-0.4, -0.2) is 19.5 Å². The summed E-state index contributed by atoms with van der Waals surface area (Å²) in [5, 5.41) is 0. The van der Waals surface area contributed by atoms with Crippen molar-refractivity contribution < 1.29 is 9.53 Å². The molecule has 1 aliphatic heterocycles. The van der Waals surface area contributed by atoms with E-state index < -0.39 is 0 Å². The fourth-order valence-corrected chi connectivity index (χ4v) is 1.21. The van der Waals surface area contributed by atoms with Crippen molar-refractivity contribution in [2.45, 2.75) is 19.3 Å². The molecule has 2 heteroatoms. The molecular formula is C9H12O2. The number of carbonyl (C=O) groups is 1. The smallest absolute Gasteiger partial charge is 0.192 e. The SMILES string of the molecule is O=CC#CCC1CCCOC1. The second-order valence-electron chi connectivity index (χ2n) is 2.73. The van der Waals surface area contributed by atoms with E-state index in [-0.39, 0.29) is 0 Å². The van der Waals surface area contributed by atoms with E-state index in [1.165, 1.54) is 6.42 Å². The molecule has 60 valence electrons. The highest BCUT2D eigenvalue weighted by Crippen LogP contribution is 2.15. The maximum Gasteiger partial charge on any atom is 0.192 e. The standard InChI is InChI=1S/C9H12O2/c10-6-2-1-4-9-5-3-7-11-8-9/h6,9H,3-5,7-8H2. The number of rotatable bonds is 1. The Balaban J connectivity index is 2.19. The molecular weight excluding hydrogens is 140 g/mol. The van der Waals surface area contributed by atoms with Gasteiger partial charge >= 0.3 is 0 Å². The molecule has 0 amide bonds. The van der Waals surface area contributed by atoms with E-state index in [0.29, 0.717) is 12.2 Å². The number of carbonyl (C=O) groups excluding carboxylic acids is 1. The van der Waals surface area contributed by atoms with Crippen LogP contribution in [0.1, 0.15) is 19.3 Å². The van der Waals surface area contributed by atoms with Crippen molar-refractivity contribution >= 4 is 6.29 Å². The van der Waals surface area contributed by atoms with Crippen molar-refractivity contribution in [3.05, 3.63) is 0 Å². The van der Waals surface area contributed by atoms with Crippen LogP contribution in [0.4, 0.5) is 0 Å². The normalized spacial score (nSPS) is 23.5. The van der Waals surface area contributed by atoms with E-state index in [9.17, 15) is 4.79 Å². The average Bonchev–Trinajstić information content (AvgIpc) is 2.07. The second kappa shape index (κ2) is 4.92. The van der Waals surface area contributed by atoms with Crippen LogP contribution >= 0.6 is 0 Å². The lowest BCUT2D eigenvalue weighted by Crippen LogP contribution is -2.16. The van der Waals surface area contributed by atoms with Crippen LogP contribution in [0.3, 0.4) is 0 Å². The van der Waals surface area contributed by atoms with Gasteiger partial charge in [-0.15, -0.1) is 0 Å². The van der Waals surface area contributed by atoms with E-state index in [2.05, 4.69) is 11.8 Å². The van der Waals surface area contributed by atoms with Crippen LogP contribution < -0.4 is 0 Å². The number of ether oxygens (including phenoxy) is 1. The van der Waals surface area contributed by atoms with Gasteiger partial charge in [0.1, 0.15) is 0 Å². The van der Waals surface area contributed by atoms with Crippen LogP contribution in [-0.2, 0) is 9.53 Å². The zero-order valence-electron chi connectivity index (χ0n) is 6.51. The molecule has 1 rings (SSSR count). The molecule has 11 heavy (non-hydrogen) atoms. The summed E-state index contributed by atoms with van der Waals surface area (Å²) in [4.78, 5) is 9.84. The Labute approximate surface area is 66.9 Å². The summed E-state index contributed by atoms with van der Waals surface area (Å²) in [6, 6.07) is 0. The summed E-state index contributed by atoms with van der Waals surface area (Å²) >= 11 is 0. The lowest BCUT2D eigenvalue weighted by Gasteiger charge is -2.19. The molecule has 0 bridgehead atoms. The third kappa shape index (κ3) is 3.20. The van der Waals surface area contributed by atoms with Gasteiger partial charge in [-0.25, -0.2) is 0 Å². The first kappa shape index (κ1) is 8.29. The predicted octanol–water partition coefficient (Wildman–Crippen LogP) is 1.01. The highest BCUT2D eigenvalue weighted by Gasteiger charge is 2.11. The van der Waals surface area contributed by atoms with Gasteiger partial charge in [-0.05, 0) is 24.7 Å². The monoisotopic (exact) mass is 152 g/mol. The lowest BCUT2D eigenvalue weighted by molar-refractivity contribution is -0.103. The minimum atomic E-state index is 0.552. The molecule has 0 spiro atoms. The first-order valence-corrected chi connectivity index (χ1v) is 3.93. The molecule has 1 heterocycles. The van der Waals surface area contributed by atoms with Gasteiger partial charge in [-0.2, -0.15) is 0 Å². The van der Waals surface area contributed by atoms with E-state index in [0.717, 1.165) is 26.1 Å². The summed E-state index contributed by atoms with van der Waals surface area (Å²) < 4.78 is 5.26. The maximum atomic E-state index is 9.84. The minimum Gasteiger partial charge on any atom is -0.381 e. The van der Waals surface area contributed by atoms with Crippen molar-refractivity contribution in [1.82, 2.24) is 0 Å². The highest BCUT2D eigenvalue weighted by atomic mass is 16.5. The molecule has 0 aromatic rings. The van der Waals surface area contributed by atoms with Crippen molar-refractivity contribution in [3.8, 4) is 11.8 Å². The zero-order valence-corrected chi connectivity index (χ0v) is 6.51. The average molecular weight is 152 g/mol. The molecule has 1 unspecified atom stereocenters. The third-order valence-electron chi connectivity index (χ3n) is 1.81. The first-order valence-electron chi connectivity index (χ1n) is 3.93. The molecule has 1 saturated heterocycles. The van der Waals surface area contributed by atoms with Gasteiger partial charge in [0, 0.05) is 13.0 Å². The summed E-state index contributed by atoms with van der Waals surface area (Å²) in [7, 11) is 0. The number of hydrogen-bond donors (Lipinski definition) is 0. The van der Waals surface area contributed by atoms with Crippen LogP contribution in [0.25, 0.3) is 0 Å². The molecule has 0 aromatic carbocycles. The molecule has 1 aliphatic rings. The lowest BCUT2D eigenvalue weighted by atomic mass is 9.99. The molecule has 0 saturated carbocycles. The Morgan fingerprint density at radius 2 is 2.55 bits per heavy atom. The van der Waals surface area contributed by atoms with Crippen molar-refractivity contribution in [2.75, 3.05) is 13.2 Å². The summed E-state index contributed by atoms with van der Waals surface area (Å²) in [6.07, 6.45) is 3.77. The maximum absolute atomic E-state index is 9.84. The Morgan fingerprint density at radius 3 is 3.18 bits per heavy atom. The molecule has 0 radical (unpaired) electrons. The summed E-state index contributed by atoms with van der Waals surface area (Å²) in [6.45, 7) is 1.70.